The van der Waals surface area contributed by atoms with Gasteiger partial charge in [0.15, 0.2) is 15.1 Å². The van der Waals surface area contributed by atoms with Gasteiger partial charge in [-0.3, -0.25) is 4.79 Å². The summed E-state index contributed by atoms with van der Waals surface area (Å²) in [6.45, 7) is 5.30. The number of thiazole rings is 1. The number of amides is 1. The van der Waals surface area contributed by atoms with Crippen molar-refractivity contribution in [3.63, 3.8) is 0 Å². The van der Waals surface area contributed by atoms with Gasteiger partial charge in [-0.1, -0.05) is 24.3 Å². The molecule has 1 aliphatic heterocycles. The first-order valence-corrected chi connectivity index (χ1v) is 16.4. The first kappa shape index (κ1) is 29.0. The Morgan fingerprint density at radius 2 is 1.80 bits per heavy atom. The SMILES string of the molecule is C=CCS(=O)(=O)C(c1nnc(CNS(N)(=O)=O)o1)c1nc2ccc(-c3ccc(C(=O)N4CCOCC4)cc3)cc2s1. The minimum Gasteiger partial charge on any atom is -0.422 e. The number of fused-ring (bicyclic) bond motifs is 1. The molecular formula is C25H26N6O7S3. The highest BCUT2D eigenvalue weighted by Crippen LogP contribution is 2.37. The molecule has 1 saturated heterocycles. The highest BCUT2D eigenvalue weighted by atomic mass is 32.2. The third kappa shape index (κ3) is 6.69. The monoisotopic (exact) mass is 618 g/mol. The maximum Gasteiger partial charge on any atom is 0.274 e. The summed E-state index contributed by atoms with van der Waals surface area (Å²) in [7, 11) is -7.94. The number of aromatic nitrogens is 3. The highest BCUT2D eigenvalue weighted by Gasteiger charge is 2.36. The first-order chi connectivity index (χ1) is 19.5. The summed E-state index contributed by atoms with van der Waals surface area (Å²) in [5.41, 5.74) is 2.89. The fraction of sp³-hybridized carbons (Fsp3) is 0.280. The second-order valence-corrected chi connectivity index (χ2v) is 13.7. The van der Waals surface area contributed by atoms with E-state index in [2.05, 4.69) is 21.8 Å². The number of ether oxygens (including phenoxy) is 1. The van der Waals surface area contributed by atoms with E-state index in [1.54, 1.807) is 23.1 Å². The zero-order valence-electron chi connectivity index (χ0n) is 21.6. The van der Waals surface area contributed by atoms with Gasteiger partial charge in [0, 0.05) is 18.7 Å². The molecular weight excluding hydrogens is 593 g/mol. The molecule has 3 heterocycles. The molecule has 1 aliphatic rings. The summed E-state index contributed by atoms with van der Waals surface area (Å²) in [5.74, 6) is -0.829. The fourth-order valence-corrected chi connectivity index (χ4v) is 7.44. The molecule has 41 heavy (non-hydrogen) atoms. The van der Waals surface area contributed by atoms with Crippen molar-refractivity contribution in [3.05, 3.63) is 77.5 Å². The normalized spacial score (nSPS) is 15.2. The summed E-state index contributed by atoms with van der Waals surface area (Å²) >= 11 is 1.16. The molecule has 2 aromatic carbocycles. The van der Waals surface area contributed by atoms with Gasteiger partial charge in [-0.15, -0.1) is 28.1 Å². The number of benzene rings is 2. The number of nitrogens with two attached hydrogens (primary N) is 1. The first-order valence-electron chi connectivity index (χ1n) is 12.3. The number of hydrogen-bond acceptors (Lipinski definition) is 11. The van der Waals surface area contributed by atoms with Crippen LogP contribution in [-0.2, 0) is 31.3 Å². The van der Waals surface area contributed by atoms with Crippen molar-refractivity contribution in [3.8, 4) is 11.1 Å². The largest absolute Gasteiger partial charge is 0.422 e. The predicted octanol–water partition coefficient (Wildman–Crippen LogP) is 1.80. The lowest BCUT2D eigenvalue weighted by Gasteiger charge is -2.26. The van der Waals surface area contributed by atoms with Crippen molar-refractivity contribution in [2.45, 2.75) is 11.8 Å². The van der Waals surface area contributed by atoms with Gasteiger partial charge in [0.1, 0.15) is 5.01 Å². The molecule has 1 unspecified atom stereocenters. The molecule has 0 saturated carbocycles. The molecule has 0 radical (unpaired) electrons. The van der Waals surface area contributed by atoms with Crippen molar-refractivity contribution in [2.75, 3.05) is 32.1 Å². The van der Waals surface area contributed by atoms with Gasteiger partial charge >= 0.3 is 0 Å². The molecule has 0 spiro atoms. The van der Waals surface area contributed by atoms with Crippen LogP contribution in [-0.4, -0.2) is 74.9 Å². The summed E-state index contributed by atoms with van der Waals surface area (Å²) in [6, 6.07) is 12.8. The number of nitrogens with one attached hydrogen (secondary N) is 1. The molecule has 1 fully saturated rings. The van der Waals surface area contributed by atoms with Crippen molar-refractivity contribution >= 4 is 47.5 Å². The molecule has 13 nitrogen and oxygen atoms in total. The van der Waals surface area contributed by atoms with E-state index in [0.29, 0.717) is 37.4 Å². The number of rotatable bonds is 10. The van der Waals surface area contributed by atoms with Crippen LogP contribution in [0.3, 0.4) is 0 Å². The van der Waals surface area contributed by atoms with E-state index in [1.165, 1.54) is 6.08 Å². The lowest BCUT2D eigenvalue weighted by atomic mass is 10.0. The van der Waals surface area contributed by atoms with E-state index in [0.717, 1.165) is 27.2 Å². The molecule has 216 valence electrons. The molecule has 5 rings (SSSR count). The van der Waals surface area contributed by atoms with Crippen LogP contribution in [0.2, 0.25) is 0 Å². The molecule has 0 bridgehead atoms. The van der Waals surface area contributed by atoms with Crippen LogP contribution in [0.1, 0.15) is 32.4 Å². The Bertz CT molecular complexity index is 1790. The summed E-state index contributed by atoms with van der Waals surface area (Å²) in [5, 5.41) is 11.4. The van der Waals surface area contributed by atoms with Crippen LogP contribution in [0.4, 0.5) is 0 Å². The topological polar surface area (TPSA) is 188 Å². The minimum atomic E-state index is -4.02. The summed E-state index contributed by atoms with van der Waals surface area (Å²) in [6.07, 6.45) is 1.25. The maximum absolute atomic E-state index is 13.2. The van der Waals surface area contributed by atoms with Crippen LogP contribution in [0.25, 0.3) is 21.3 Å². The molecule has 1 atom stereocenters. The van der Waals surface area contributed by atoms with Crippen LogP contribution >= 0.6 is 11.3 Å². The average molecular weight is 619 g/mol. The smallest absolute Gasteiger partial charge is 0.274 e. The average Bonchev–Trinajstić information content (AvgIpc) is 3.58. The Morgan fingerprint density at radius 3 is 2.49 bits per heavy atom. The number of sulfone groups is 1. The van der Waals surface area contributed by atoms with Crippen molar-refractivity contribution < 1.29 is 30.8 Å². The lowest BCUT2D eigenvalue weighted by molar-refractivity contribution is 0.0303. The third-order valence-electron chi connectivity index (χ3n) is 6.23. The number of nitrogens with zero attached hydrogens (tertiary/aromatic N) is 4. The van der Waals surface area contributed by atoms with Gasteiger partial charge in [0.25, 0.3) is 16.1 Å². The molecule has 0 aliphatic carbocycles. The molecule has 16 heteroatoms. The van der Waals surface area contributed by atoms with Gasteiger partial charge < -0.3 is 14.1 Å². The van der Waals surface area contributed by atoms with E-state index in [4.69, 9.17) is 14.3 Å². The molecule has 1 amide bonds. The Labute approximate surface area is 240 Å². The molecule has 3 N–H and O–H groups in total. The zero-order chi connectivity index (χ0) is 29.2. The van der Waals surface area contributed by atoms with Gasteiger partial charge in [-0.05, 0) is 35.4 Å². The number of morpholine rings is 1. The minimum absolute atomic E-state index is 0.0428. The van der Waals surface area contributed by atoms with Gasteiger partial charge in [0.2, 0.25) is 11.8 Å². The molecule has 2 aromatic heterocycles. The van der Waals surface area contributed by atoms with Gasteiger partial charge in [-0.2, -0.15) is 13.1 Å². The number of carbonyl (C=O) groups excluding carboxylic acids is 1. The quantitative estimate of drug-likeness (QED) is 0.248. The van der Waals surface area contributed by atoms with Crippen molar-refractivity contribution in [2.24, 2.45) is 5.14 Å². The van der Waals surface area contributed by atoms with E-state index >= 15 is 0 Å². The predicted molar refractivity (Wildman–Crippen MR) is 152 cm³/mol. The van der Waals surface area contributed by atoms with Crippen LogP contribution in [0.15, 0.2) is 59.5 Å². The van der Waals surface area contributed by atoms with Gasteiger partial charge in [-0.25, -0.2) is 18.5 Å². The third-order valence-corrected chi connectivity index (χ3v) is 9.86. The van der Waals surface area contributed by atoms with Crippen LogP contribution in [0, 0.1) is 0 Å². The number of hydrogen-bond donors (Lipinski definition) is 2. The second kappa shape index (κ2) is 11.8. The maximum atomic E-state index is 13.2. The van der Waals surface area contributed by atoms with E-state index in [9.17, 15) is 21.6 Å². The van der Waals surface area contributed by atoms with Gasteiger partial charge in [0.05, 0.1) is 35.7 Å². The number of carbonyl (C=O) groups is 1. The lowest BCUT2D eigenvalue weighted by Crippen LogP contribution is -2.40. The second-order valence-electron chi connectivity index (χ2n) is 9.11. The van der Waals surface area contributed by atoms with E-state index < -0.39 is 31.8 Å². The summed E-state index contributed by atoms with van der Waals surface area (Å²) in [4.78, 5) is 19.1. The van der Waals surface area contributed by atoms with E-state index in [1.807, 2.05) is 29.0 Å². The Hall–Kier alpha value is -3.54. The standard InChI is InChI=1S/C25H26N6O7S3/c1-2-13-40(33,34)22(23-30-29-21(38-23)15-27-41(26,35)36)24-28-19-8-7-18(14-20(19)39-24)16-3-5-17(6-4-16)25(32)31-9-11-37-12-10-31/h2-8,14,22,27H,1,9-13,15H2,(H2,26,35,36). The van der Waals surface area contributed by atoms with Crippen LogP contribution in [0.5, 0.6) is 0 Å². The van der Waals surface area contributed by atoms with Crippen molar-refractivity contribution in [1.29, 1.82) is 0 Å². The van der Waals surface area contributed by atoms with Crippen LogP contribution < -0.4 is 9.86 Å². The van der Waals surface area contributed by atoms with Crippen molar-refractivity contribution in [1.82, 2.24) is 24.8 Å². The Morgan fingerprint density at radius 1 is 1.10 bits per heavy atom. The Kier molecular flexibility index (Phi) is 8.30. The zero-order valence-corrected chi connectivity index (χ0v) is 24.0. The highest BCUT2D eigenvalue weighted by molar-refractivity contribution is 7.92. The van der Waals surface area contributed by atoms with E-state index in [-0.39, 0.29) is 28.4 Å². The Balaban J connectivity index is 1.43. The molecule has 4 aromatic rings. The fourth-order valence-electron chi connectivity index (χ4n) is 4.27. The summed E-state index contributed by atoms with van der Waals surface area (Å²) < 4.78 is 62.4.